The predicted octanol–water partition coefficient (Wildman–Crippen LogP) is 3.42. The molecule has 0 fully saturated rings. The molecule has 2 aromatic carbocycles. The van der Waals surface area contributed by atoms with Gasteiger partial charge in [-0.05, 0) is 47.9 Å². The predicted molar refractivity (Wildman–Crippen MR) is 61.2 cm³/mol. The Morgan fingerprint density at radius 2 is 1.87 bits per heavy atom. The number of aryl methyl sites for hydroxylation is 2. The third-order valence-corrected chi connectivity index (χ3v) is 2.72. The summed E-state index contributed by atoms with van der Waals surface area (Å²) in [6.07, 6.45) is 1.56. The van der Waals surface area contributed by atoms with Crippen molar-refractivity contribution >= 4 is 22.5 Å². The third kappa shape index (κ3) is 1.67. The summed E-state index contributed by atoms with van der Waals surface area (Å²) >= 11 is 0. The van der Waals surface area contributed by atoms with E-state index in [-0.39, 0.29) is 0 Å². The molecule has 2 nitrogen and oxygen atoms in total. The van der Waals surface area contributed by atoms with Crippen LogP contribution in [-0.4, -0.2) is 6.08 Å². The summed E-state index contributed by atoms with van der Waals surface area (Å²) in [6.45, 7) is 4.15. The molecule has 0 radical (unpaired) electrons. The Morgan fingerprint density at radius 1 is 1.13 bits per heavy atom. The lowest BCUT2D eigenvalue weighted by molar-refractivity contribution is 0.565. The van der Waals surface area contributed by atoms with Gasteiger partial charge in [-0.1, -0.05) is 18.2 Å². The van der Waals surface area contributed by atoms with Crippen LogP contribution in [0.5, 0.6) is 0 Å². The Morgan fingerprint density at radius 3 is 2.60 bits per heavy atom. The normalized spacial score (nSPS) is 10.0. The van der Waals surface area contributed by atoms with Crippen LogP contribution in [0.15, 0.2) is 35.3 Å². The summed E-state index contributed by atoms with van der Waals surface area (Å²) in [7, 11) is 0. The Hall–Kier alpha value is -1.92. The highest BCUT2D eigenvalue weighted by atomic mass is 16.1. The van der Waals surface area contributed by atoms with Crippen molar-refractivity contribution in [3.8, 4) is 0 Å². The maximum Gasteiger partial charge on any atom is 0.240 e. The molecule has 15 heavy (non-hydrogen) atoms. The molecule has 0 saturated heterocycles. The van der Waals surface area contributed by atoms with E-state index in [4.69, 9.17) is 0 Å². The summed E-state index contributed by atoms with van der Waals surface area (Å²) < 4.78 is 0. The van der Waals surface area contributed by atoms with Crippen LogP contribution in [-0.2, 0) is 4.79 Å². The van der Waals surface area contributed by atoms with Crippen LogP contribution < -0.4 is 0 Å². The van der Waals surface area contributed by atoms with E-state index in [0.29, 0.717) is 5.69 Å². The first-order chi connectivity index (χ1) is 7.22. The summed E-state index contributed by atoms with van der Waals surface area (Å²) in [5.74, 6) is 0. The smallest absolute Gasteiger partial charge is 0.211 e. The van der Waals surface area contributed by atoms with Gasteiger partial charge in [0.15, 0.2) is 0 Å². The first-order valence-electron chi connectivity index (χ1n) is 4.80. The van der Waals surface area contributed by atoms with Gasteiger partial charge >= 0.3 is 0 Å². The van der Waals surface area contributed by atoms with Crippen molar-refractivity contribution in [3.63, 3.8) is 0 Å². The molecule has 0 amide bonds. The number of aliphatic imine (C=N–C) groups is 1. The quantitative estimate of drug-likeness (QED) is 0.508. The van der Waals surface area contributed by atoms with Gasteiger partial charge in [0.1, 0.15) is 0 Å². The first-order valence-corrected chi connectivity index (χ1v) is 4.80. The van der Waals surface area contributed by atoms with Crippen molar-refractivity contribution in [2.75, 3.05) is 0 Å². The molecule has 2 aromatic rings. The number of hydrogen-bond donors (Lipinski definition) is 0. The van der Waals surface area contributed by atoms with Gasteiger partial charge < -0.3 is 0 Å². The number of benzene rings is 2. The number of nitrogens with zero attached hydrogens (tertiary/aromatic N) is 1. The molecule has 0 unspecified atom stereocenters. The molecule has 0 aliphatic carbocycles. The Labute approximate surface area is 88.3 Å². The molecular weight excluding hydrogens is 186 g/mol. The van der Waals surface area contributed by atoms with Crippen molar-refractivity contribution < 1.29 is 4.79 Å². The molecule has 0 aliphatic rings. The van der Waals surface area contributed by atoms with E-state index in [9.17, 15) is 4.79 Å². The number of hydrogen-bond acceptors (Lipinski definition) is 2. The van der Waals surface area contributed by atoms with Crippen molar-refractivity contribution in [1.29, 1.82) is 0 Å². The van der Waals surface area contributed by atoms with Crippen molar-refractivity contribution in [1.82, 2.24) is 0 Å². The average molecular weight is 197 g/mol. The van der Waals surface area contributed by atoms with Crippen molar-refractivity contribution in [2.24, 2.45) is 4.99 Å². The van der Waals surface area contributed by atoms with Crippen LogP contribution in [0.25, 0.3) is 10.8 Å². The molecule has 0 aromatic heterocycles. The molecule has 2 heteroatoms. The van der Waals surface area contributed by atoms with Gasteiger partial charge in [-0.15, -0.1) is 0 Å². The standard InChI is InChI=1S/C13H11NO/c1-9-3-4-11-5-6-12(14-8-15)7-13(11)10(9)2/h3-7H,1-2H3. The van der Waals surface area contributed by atoms with Crippen LogP contribution >= 0.6 is 0 Å². The molecule has 0 aliphatic heterocycles. The van der Waals surface area contributed by atoms with Crippen LogP contribution in [0, 0.1) is 13.8 Å². The van der Waals surface area contributed by atoms with Gasteiger partial charge in [-0.3, -0.25) is 0 Å². The summed E-state index contributed by atoms with van der Waals surface area (Å²) in [6, 6.07) is 9.88. The topological polar surface area (TPSA) is 29.4 Å². The summed E-state index contributed by atoms with van der Waals surface area (Å²) in [4.78, 5) is 13.8. The van der Waals surface area contributed by atoms with Crippen LogP contribution in [0.3, 0.4) is 0 Å². The fourth-order valence-electron chi connectivity index (χ4n) is 1.69. The first kappa shape index (κ1) is 9.63. The number of carbonyl (C=O) groups excluding carboxylic acids is 1. The lowest BCUT2D eigenvalue weighted by atomic mass is 10.0. The molecule has 74 valence electrons. The molecule has 0 bridgehead atoms. The molecule has 2 rings (SSSR count). The van der Waals surface area contributed by atoms with Gasteiger partial charge in [0.2, 0.25) is 6.08 Å². The zero-order chi connectivity index (χ0) is 10.8. The van der Waals surface area contributed by atoms with Crippen LogP contribution in [0.2, 0.25) is 0 Å². The van der Waals surface area contributed by atoms with E-state index < -0.39 is 0 Å². The average Bonchev–Trinajstić information content (AvgIpc) is 2.25. The molecule has 0 N–H and O–H groups in total. The van der Waals surface area contributed by atoms with Gasteiger partial charge in [-0.25, -0.2) is 4.79 Å². The Bertz CT molecular complexity index is 566. The highest BCUT2D eigenvalue weighted by Gasteiger charge is 2.01. The fourth-order valence-corrected chi connectivity index (χ4v) is 1.69. The van der Waals surface area contributed by atoms with E-state index in [2.05, 4.69) is 31.0 Å². The minimum atomic E-state index is 0.659. The lowest BCUT2D eigenvalue weighted by Gasteiger charge is -2.05. The number of fused-ring (bicyclic) bond motifs is 1. The third-order valence-electron chi connectivity index (χ3n) is 2.72. The highest BCUT2D eigenvalue weighted by molar-refractivity contribution is 5.89. The minimum Gasteiger partial charge on any atom is -0.211 e. The summed E-state index contributed by atoms with van der Waals surface area (Å²) in [5, 5.41) is 2.31. The second-order valence-corrected chi connectivity index (χ2v) is 3.62. The monoisotopic (exact) mass is 197 g/mol. The Balaban J connectivity index is 2.78. The van der Waals surface area contributed by atoms with Gasteiger partial charge in [0.05, 0.1) is 5.69 Å². The SMILES string of the molecule is Cc1ccc2ccc(N=C=O)cc2c1C. The number of rotatable bonds is 1. The molecule has 0 spiro atoms. The van der Waals surface area contributed by atoms with E-state index in [1.807, 2.05) is 18.2 Å². The second kappa shape index (κ2) is 3.68. The van der Waals surface area contributed by atoms with E-state index in [1.165, 1.54) is 16.5 Å². The van der Waals surface area contributed by atoms with Crippen molar-refractivity contribution in [3.05, 3.63) is 41.5 Å². The maximum atomic E-state index is 10.2. The van der Waals surface area contributed by atoms with E-state index in [1.54, 1.807) is 6.08 Å². The van der Waals surface area contributed by atoms with Gasteiger partial charge in [-0.2, -0.15) is 4.99 Å². The van der Waals surface area contributed by atoms with E-state index in [0.717, 1.165) is 5.39 Å². The molecule has 0 heterocycles. The zero-order valence-corrected chi connectivity index (χ0v) is 8.74. The largest absolute Gasteiger partial charge is 0.240 e. The minimum absolute atomic E-state index is 0.659. The van der Waals surface area contributed by atoms with Gasteiger partial charge in [0.25, 0.3) is 0 Å². The lowest BCUT2D eigenvalue weighted by Crippen LogP contribution is -1.83. The zero-order valence-electron chi connectivity index (χ0n) is 8.74. The van der Waals surface area contributed by atoms with Crippen LogP contribution in [0.1, 0.15) is 11.1 Å². The van der Waals surface area contributed by atoms with E-state index >= 15 is 0 Å². The maximum absolute atomic E-state index is 10.2. The van der Waals surface area contributed by atoms with Crippen molar-refractivity contribution in [2.45, 2.75) is 13.8 Å². The highest BCUT2D eigenvalue weighted by Crippen LogP contribution is 2.25. The molecular formula is C13H11NO. The van der Waals surface area contributed by atoms with Gasteiger partial charge in [0, 0.05) is 0 Å². The molecule has 0 atom stereocenters. The Kier molecular flexibility index (Phi) is 2.36. The second-order valence-electron chi connectivity index (χ2n) is 3.62. The molecule has 0 saturated carbocycles. The van der Waals surface area contributed by atoms with Crippen LogP contribution in [0.4, 0.5) is 5.69 Å². The number of isocyanates is 1. The fraction of sp³-hybridized carbons (Fsp3) is 0.154. The summed E-state index contributed by atoms with van der Waals surface area (Å²) in [5.41, 5.74) is 3.14.